The predicted molar refractivity (Wildman–Crippen MR) is 63.9 cm³/mol. The molecule has 0 unspecified atom stereocenters. The summed E-state index contributed by atoms with van der Waals surface area (Å²) >= 11 is 0. The summed E-state index contributed by atoms with van der Waals surface area (Å²) in [6, 6.07) is 0.729. The van der Waals surface area contributed by atoms with Crippen LogP contribution in [-0.4, -0.2) is 21.6 Å². The van der Waals surface area contributed by atoms with E-state index in [-0.39, 0.29) is 11.6 Å². The van der Waals surface area contributed by atoms with Gasteiger partial charge in [-0.25, -0.2) is 18.7 Å². The molecule has 0 bridgehead atoms. The molecule has 2 heterocycles. The van der Waals surface area contributed by atoms with Crippen molar-refractivity contribution in [1.82, 2.24) is 14.5 Å². The van der Waals surface area contributed by atoms with E-state index in [1.807, 2.05) is 7.05 Å². The summed E-state index contributed by atoms with van der Waals surface area (Å²) in [4.78, 5) is 9.34. The zero-order valence-electron chi connectivity index (χ0n) is 10.1. The highest BCUT2D eigenvalue weighted by atomic mass is 19.1. The second-order valence-corrected chi connectivity index (χ2v) is 3.97. The zero-order chi connectivity index (χ0) is 13.3. The lowest BCUT2D eigenvalue weighted by Crippen LogP contribution is -2.22. The van der Waals surface area contributed by atoms with Gasteiger partial charge in [0.05, 0.1) is 6.54 Å². The maximum Gasteiger partial charge on any atom is 0.168 e. The fourth-order valence-corrected chi connectivity index (χ4v) is 1.57. The van der Waals surface area contributed by atoms with E-state index in [4.69, 9.17) is 5.73 Å². The molecule has 0 fully saturated rings. The molecule has 0 aromatic carbocycles. The van der Waals surface area contributed by atoms with Crippen molar-refractivity contribution in [2.75, 3.05) is 17.7 Å². The quantitative estimate of drug-likeness (QED) is 0.896. The zero-order valence-corrected chi connectivity index (χ0v) is 10.1. The van der Waals surface area contributed by atoms with E-state index in [1.54, 1.807) is 24.0 Å². The number of nitrogens with zero attached hydrogens (tertiary/aromatic N) is 4. The molecular weight excluding hydrogens is 240 g/mol. The fraction of sp³-hybridized carbons (Fsp3) is 0.273. The molecule has 0 atom stereocenters. The molecule has 96 valence electrons. The number of hydrogen-bond donors (Lipinski definition) is 1. The Morgan fingerprint density at radius 3 is 2.72 bits per heavy atom. The van der Waals surface area contributed by atoms with Crippen molar-refractivity contribution in [3.8, 4) is 0 Å². The Balaban J connectivity index is 2.26. The fourth-order valence-electron chi connectivity index (χ4n) is 1.57. The summed E-state index contributed by atoms with van der Waals surface area (Å²) in [7, 11) is 3.47. The number of anilines is 2. The van der Waals surface area contributed by atoms with Crippen LogP contribution in [0.3, 0.4) is 0 Å². The molecule has 2 rings (SSSR count). The van der Waals surface area contributed by atoms with Crippen LogP contribution in [0, 0.1) is 11.6 Å². The molecular formula is C11H13F2N5. The lowest BCUT2D eigenvalue weighted by molar-refractivity contribution is 0.572. The number of hydrogen-bond acceptors (Lipinski definition) is 4. The van der Waals surface area contributed by atoms with Crippen LogP contribution < -0.4 is 10.6 Å². The maximum atomic E-state index is 13.6. The van der Waals surface area contributed by atoms with Crippen molar-refractivity contribution in [3.05, 3.63) is 35.9 Å². The Hall–Kier alpha value is -2.18. The Kier molecular flexibility index (Phi) is 3.14. The number of nitrogen functional groups attached to an aromatic ring is 1. The largest absolute Gasteiger partial charge is 0.381 e. The topological polar surface area (TPSA) is 60.0 Å². The lowest BCUT2D eigenvalue weighted by Gasteiger charge is -2.18. The first-order valence-corrected chi connectivity index (χ1v) is 5.28. The minimum Gasteiger partial charge on any atom is -0.381 e. The van der Waals surface area contributed by atoms with Gasteiger partial charge >= 0.3 is 0 Å². The van der Waals surface area contributed by atoms with Crippen LogP contribution in [-0.2, 0) is 13.6 Å². The maximum absolute atomic E-state index is 13.6. The van der Waals surface area contributed by atoms with Gasteiger partial charge in [0.1, 0.15) is 5.82 Å². The van der Waals surface area contributed by atoms with E-state index < -0.39 is 11.6 Å². The average Bonchev–Trinajstić information content (AvgIpc) is 2.69. The van der Waals surface area contributed by atoms with E-state index in [1.165, 1.54) is 4.90 Å². The minimum absolute atomic E-state index is 0.00287. The summed E-state index contributed by atoms with van der Waals surface area (Å²) < 4.78 is 28.4. The van der Waals surface area contributed by atoms with Gasteiger partial charge in [-0.3, -0.25) is 0 Å². The first-order chi connectivity index (χ1) is 8.49. The summed E-state index contributed by atoms with van der Waals surface area (Å²) in [6.45, 7) is 0.346. The second-order valence-electron chi connectivity index (χ2n) is 3.97. The number of imidazole rings is 1. The molecule has 0 saturated carbocycles. The molecule has 2 N–H and O–H groups in total. The molecule has 5 nitrogen and oxygen atoms in total. The van der Waals surface area contributed by atoms with Gasteiger partial charge in [-0.15, -0.1) is 0 Å². The van der Waals surface area contributed by atoms with Gasteiger partial charge in [0.2, 0.25) is 0 Å². The first kappa shape index (κ1) is 12.3. The van der Waals surface area contributed by atoms with Gasteiger partial charge in [0.15, 0.2) is 23.3 Å². The van der Waals surface area contributed by atoms with Crippen LogP contribution in [0.15, 0.2) is 18.5 Å². The van der Waals surface area contributed by atoms with Gasteiger partial charge < -0.3 is 15.2 Å². The monoisotopic (exact) mass is 253 g/mol. The highest BCUT2D eigenvalue weighted by Gasteiger charge is 2.15. The van der Waals surface area contributed by atoms with Crippen molar-refractivity contribution in [3.63, 3.8) is 0 Å². The van der Waals surface area contributed by atoms with Crippen molar-refractivity contribution in [1.29, 1.82) is 0 Å². The van der Waals surface area contributed by atoms with Gasteiger partial charge in [0.25, 0.3) is 0 Å². The SMILES string of the molecule is CN(Cc1nccn1C)c1nc(N)c(F)cc1F. The van der Waals surface area contributed by atoms with Crippen molar-refractivity contribution in [2.45, 2.75) is 6.54 Å². The number of halogens is 2. The highest BCUT2D eigenvalue weighted by Crippen LogP contribution is 2.20. The van der Waals surface area contributed by atoms with E-state index in [0.29, 0.717) is 6.54 Å². The third kappa shape index (κ3) is 2.24. The van der Waals surface area contributed by atoms with E-state index in [2.05, 4.69) is 9.97 Å². The van der Waals surface area contributed by atoms with Crippen LogP contribution in [0.5, 0.6) is 0 Å². The van der Waals surface area contributed by atoms with Crippen molar-refractivity contribution >= 4 is 11.6 Å². The Morgan fingerprint density at radius 2 is 2.11 bits per heavy atom. The predicted octanol–water partition coefficient (Wildman–Crippen LogP) is 1.31. The second kappa shape index (κ2) is 4.59. The summed E-state index contributed by atoms with van der Waals surface area (Å²) in [5, 5.41) is 0. The molecule has 0 aliphatic carbocycles. The van der Waals surface area contributed by atoms with E-state index >= 15 is 0 Å². The molecule has 0 radical (unpaired) electrons. The Morgan fingerprint density at radius 1 is 1.39 bits per heavy atom. The number of aryl methyl sites for hydroxylation is 1. The van der Waals surface area contributed by atoms with Gasteiger partial charge in [-0.2, -0.15) is 0 Å². The van der Waals surface area contributed by atoms with Crippen LogP contribution in [0.25, 0.3) is 0 Å². The standard InChI is InChI=1S/C11H13F2N5/c1-17-4-3-15-9(17)6-18(2)11-8(13)5-7(12)10(14)16-11/h3-5H,6H2,1-2H3,(H2,14,16). The van der Waals surface area contributed by atoms with Crippen LogP contribution in [0.1, 0.15) is 5.82 Å². The molecule has 0 aliphatic heterocycles. The third-order valence-corrected chi connectivity index (χ3v) is 2.60. The van der Waals surface area contributed by atoms with Crippen LogP contribution in [0.2, 0.25) is 0 Å². The number of nitrogens with two attached hydrogens (primary N) is 1. The van der Waals surface area contributed by atoms with Crippen LogP contribution >= 0.6 is 0 Å². The molecule has 0 aliphatic rings. The van der Waals surface area contributed by atoms with E-state index in [9.17, 15) is 8.78 Å². The average molecular weight is 253 g/mol. The first-order valence-electron chi connectivity index (χ1n) is 5.28. The Bertz CT molecular complexity index is 567. The molecule has 18 heavy (non-hydrogen) atoms. The molecule has 0 spiro atoms. The van der Waals surface area contributed by atoms with Gasteiger partial charge in [0, 0.05) is 32.6 Å². The van der Waals surface area contributed by atoms with Crippen LogP contribution in [0.4, 0.5) is 20.4 Å². The summed E-state index contributed by atoms with van der Waals surface area (Å²) in [5.74, 6) is -1.20. The van der Waals surface area contributed by atoms with Crippen molar-refractivity contribution in [2.24, 2.45) is 7.05 Å². The number of aromatic nitrogens is 3. The number of pyridine rings is 1. The summed E-state index contributed by atoms with van der Waals surface area (Å²) in [5.41, 5.74) is 5.33. The number of rotatable bonds is 3. The van der Waals surface area contributed by atoms with Crippen molar-refractivity contribution < 1.29 is 8.78 Å². The molecule has 2 aromatic rings. The smallest absolute Gasteiger partial charge is 0.168 e. The lowest BCUT2D eigenvalue weighted by atomic mass is 10.3. The normalized spacial score (nSPS) is 10.7. The summed E-state index contributed by atoms with van der Waals surface area (Å²) in [6.07, 6.45) is 3.43. The minimum atomic E-state index is -0.860. The van der Waals surface area contributed by atoms with E-state index in [0.717, 1.165) is 11.9 Å². The van der Waals surface area contributed by atoms with Gasteiger partial charge in [-0.1, -0.05) is 0 Å². The highest BCUT2D eigenvalue weighted by molar-refractivity contribution is 5.46. The molecule has 0 saturated heterocycles. The molecule has 2 aromatic heterocycles. The Labute approximate surface area is 103 Å². The third-order valence-electron chi connectivity index (χ3n) is 2.60. The molecule has 7 heteroatoms. The molecule has 0 amide bonds. The van der Waals surface area contributed by atoms with Gasteiger partial charge in [-0.05, 0) is 0 Å².